The van der Waals surface area contributed by atoms with Crippen molar-refractivity contribution in [3.8, 4) is 0 Å². The zero-order valence-electron chi connectivity index (χ0n) is 4.22. The topological polar surface area (TPSA) is 21.6 Å². The van der Waals surface area contributed by atoms with E-state index in [-0.39, 0.29) is 5.85 Å². The first-order valence-electron chi connectivity index (χ1n) is 2.24. The Balaban J connectivity index is 2.42. The highest BCUT2D eigenvalue weighted by Gasteiger charge is 2.10. The summed E-state index contributed by atoms with van der Waals surface area (Å²) in [5, 5.41) is 3.71. The number of hydrogen-bond donors (Lipinski definition) is 0. The van der Waals surface area contributed by atoms with Gasteiger partial charge in [-0.2, -0.15) is 0 Å². The molecular formula is C4H8NOP. The molecular weight excluding hydrogens is 109 g/mol. The minimum Gasteiger partial charge on any atom is -0.388 e. The summed E-state index contributed by atoms with van der Waals surface area (Å²) in [6, 6.07) is 0. The third kappa shape index (κ3) is 1.13. The van der Waals surface area contributed by atoms with Gasteiger partial charge in [-0.05, 0) is 6.92 Å². The Bertz CT molecular complexity index is 102. The Morgan fingerprint density at radius 2 is 2.71 bits per heavy atom. The van der Waals surface area contributed by atoms with Gasteiger partial charge in [0.1, 0.15) is 5.85 Å². The molecule has 0 aromatic carbocycles. The third-order valence-electron chi connectivity index (χ3n) is 0.841. The predicted molar refractivity (Wildman–Crippen MR) is 32.3 cm³/mol. The molecule has 0 aromatic heterocycles. The van der Waals surface area contributed by atoms with Crippen molar-refractivity contribution in [2.45, 2.75) is 19.2 Å². The van der Waals surface area contributed by atoms with E-state index in [0.29, 0.717) is 0 Å². The summed E-state index contributed by atoms with van der Waals surface area (Å²) in [5.41, 5.74) is 1.08. The predicted octanol–water partition coefficient (Wildman–Crippen LogP) is 0.984. The Labute approximate surface area is 45.1 Å². The Morgan fingerprint density at radius 3 is 2.86 bits per heavy atom. The maximum Gasteiger partial charge on any atom is 0.145 e. The molecule has 0 bridgehead atoms. The van der Waals surface area contributed by atoms with Crippen LogP contribution in [0.4, 0.5) is 0 Å². The van der Waals surface area contributed by atoms with Gasteiger partial charge in [0.25, 0.3) is 0 Å². The van der Waals surface area contributed by atoms with E-state index in [1.54, 1.807) is 0 Å². The fourth-order valence-electron chi connectivity index (χ4n) is 0.523. The van der Waals surface area contributed by atoms with Gasteiger partial charge in [-0.25, -0.2) is 0 Å². The summed E-state index contributed by atoms with van der Waals surface area (Å²) in [7, 11) is 2.56. The van der Waals surface area contributed by atoms with Crippen molar-refractivity contribution in [2.75, 3.05) is 0 Å². The minimum absolute atomic E-state index is 0.236. The summed E-state index contributed by atoms with van der Waals surface area (Å²) < 4.78 is 0. The first-order chi connectivity index (χ1) is 3.29. The van der Waals surface area contributed by atoms with Crippen molar-refractivity contribution in [3.63, 3.8) is 0 Å². The summed E-state index contributed by atoms with van der Waals surface area (Å²) >= 11 is 0. The van der Waals surface area contributed by atoms with Gasteiger partial charge in [-0.15, -0.1) is 0 Å². The van der Waals surface area contributed by atoms with E-state index in [2.05, 4.69) is 14.4 Å². The molecule has 0 saturated carbocycles. The van der Waals surface area contributed by atoms with Crippen LogP contribution in [0.25, 0.3) is 0 Å². The van der Waals surface area contributed by atoms with Crippen LogP contribution >= 0.6 is 9.24 Å². The van der Waals surface area contributed by atoms with Gasteiger partial charge in [0.05, 0.1) is 5.71 Å². The lowest BCUT2D eigenvalue weighted by molar-refractivity contribution is 0.147. The van der Waals surface area contributed by atoms with Crippen molar-refractivity contribution in [3.05, 3.63) is 0 Å². The van der Waals surface area contributed by atoms with E-state index in [0.717, 1.165) is 12.1 Å². The first kappa shape index (κ1) is 5.04. The molecule has 0 saturated heterocycles. The molecule has 1 heterocycles. The summed E-state index contributed by atoms with van der Waals surface area (Å²) in [5.74, 6) is 0.236. The molecule has 2 atom stereocenters. The Kier molecular flexibility index (Phi) is 1.29. The lowest BCUT2D eigenvalue weighted by Crippen LogP contribution is -1.93. The fourth-order valence-corrected chi connectivity index (χ4v) is 0.925. The van der Waals surface area contributed by atoms with Crippen molar-refractivity contribution in [2.24, 2.45) is 5.16 Å². The molecule has 1 aliphatic rings. The highest BCUT2D eigenvalue weighted by molar-refractivity contribution is 7.17. The van der Waals surface area contributed by atoms with Crippen molar-refractivity contribution >= 4 is 15.0 Å². The molecule has 7 heavy (non-hydrogen) atoms. The summed E-state index contributed by atoms with van der Waals surface area (Å²) in [6.07, 6.45) is 0.963. The standard InChI is InChI=1S/C4H8NOP/c1-3-2-4(7)6-5-3/h4H,2,7H2,1H3. The molecule has 0 amide bonds. The quantitative estimate of drug-likeness (QED) is 0.433. The van der Waals surface area contributed by atoms with E-state index < -0.39 is 0 Å². The second-order valence-electron chi connectivity index (χ2n) is 1.67. The Morgan fingerprint density at radius 1 is 2.00 bits per heavy atom. The van der Waals surface area contributed by atoms with E-state index in [1.165, 1.54) is 0 Å². The highest BCUT2D eigenvalue weighted by atomic mass is 31.0. The van der Waals surface area contributed by atoms with E-state index >= 15 is 0 Å². The normalized spacial score (nSPS) is 29.4. The van der Waals surface area contributed by atoms with Crippen LogP contribution in [0.1, 0.15) is 13.3 Å². The maximum atomic E-state index is 4.82. The molecule has 0 radical (unpaired) electrons. The lowest BCUT2D eigenvalue weighted by atomic mass is 10.3. The molecule has 2 unspecified atom stereocenters. The van der Waals surface area contributed by atoms with Crippen LogP contribution < -0.4 is 0 Å². The van der Waals surface area contributed by atoms with E-state index in [4.69, 9.17) is 4.84 Å². The van der Waals surface area contributed by atoms with Crippen LogP contribution in [0, 0.1) is 0 Å². The summed E-state index contributed by atoms with van der Waals surface area (Å²) in [6.45, 7) is 1.96. The number of rotatable bonds is 0. The first-order valence-corrected chi connectivity index (χ1v) is 2.90. The fraction of sp³-hybridized carbons (Fsp3) is 0.750. The van der Waals surface area contributed by atoms with E-state index in [9.17, 15) is 0 Å². The van der Waals surface area contributed by atoms with Crippen LogP contribution in [0.2, 0.25) is 0 Å². The Hall–Kier alpha value is -0.100. The van der Waals surface area contributed by atoms with Crippen LogP contribution in [-0.4, -0.2) is 11.6 Å². The molecule has 1 aliphatic heterocycles. The molecule has 1 rings (SSSR count). The second kappa shape index (κ2) is 1.79. The largest absolute Gasteiger partial charge is 0.388 e. The van der Waals surface area contributed by atoms with Crippen molar-refractivity contribution in [1.29, 1.82) is 0 Å². The SMILES string of the molecule is CC1=NOC(P)C1. The molecule has 0 fully saturated rings. The molecule has 0 aromatic rings. The van der Waals surface area contributed by atoms with Crippen LogP contribution in [-0.2, 0) is 4.84 Å². The van der Waals surface area contributed by atoms with Crippen LogP contribution in [0.15, 0.2) is 5.16 Å². The average Bonchev–Trinajstić information content (AvgIpc) is 1.87. The molecule has 40 valence electrons. The average molecular weight is 117 g/mol. The molecule has 0 aliphatic carbocycles. The number of nitrogens with zero attached hydrogens (tertiary/aromatic N) is 1. The van der Waals surface area contributed by atoms with Crippen LogP contribution in [0.5, 0.6) is 0 Å². The van der Waals surface area contributed by atoms with Gasteiger partial charge in [-0.1, -0.05) is 14.4 Å². The monoisotopic (exact) mass is 117 g/mol. The molecule has 2 nitrogen and oxygen atoms in total. The van der Waals surface area contributed by atoms with Gasteiger partial charge in [-0.3, -0.25) is 0 Å². The van der Waals surface area contributed by atoms with Gasteiger partial charge in [0.15, 0.2) is 0 Å². The zero-order valence-corrected chi connectivity index (χ0v) is 5.37. The maximum absolute atomic E-state index is 4.82. The molecule has 0 spiro atoms. The number of oxime groups is 1. The van der Waals surface area contributed by atoms with Crippen molar-refractivity contribution in [1.82, 2.24) is 0 Å². The molecule has 0 N–H and O–H groups in total. The van der Waals surface area contributed by atoms with Gasteiger partial charge < -0.3 is 4.84 Å². The highest BCUT2D eigenvalue weighted by Crippen LogP contribution is 2.14. The third-order valence-corrected chi connectivity index (χ3v) is 1.20. The number of hydrogen-bond acceptors (Lipinski definition) is 2. The smallest absolute Gasteiger partial charge is 0.145 e. The minimum atomic E-state index is 0.236. The molecule has 3 heteroatoms. The summed E-state index contributed by atoms with van der Waals surface area (Å²) in [4.78, 5) is 4.82. The van der Waals surface area contributed by atoms with Gasteiger partial charge >= 0.3 is 0 Å². The lowest BCUT2D eigenvalue weighted by Gasteiger charge is -1.93. The van der Waals surface area contributed by atoms with E-state index in [1.807, 2.05) is 6.92 Å². The van der Waals surface area contributed by atoms with Crippen molar-refractivity contribution < 1.29 is 4.84 Å². The second-order valence-corrected chi connectivity index (χ2v) is 2.42. The van der Waals surface area contributed by atoms with Gasteiger partial charge in [0, 0.05) is 6.42 Å². The van der Waals surface area contributed by atoms with Gasteiger partial charge in [0.2, 0.25) is 0 Å². The van der Waals surface area contributed by atoms with Crippen LogP contribution in [0.3, 0.4) is 0 Å². The zero-order chi connectivity index (χ0) is 5.28.